The summed E-state index contributed by atoms with van der Waals surface area (Å²) in [4.78, 5) is 6.93. The molecule has 2 saturated heterocycles. The van der Waals surface area contributed by atoms with E-state index in [1.54, 1.807) is 0 Å². The number of aliphatic imine (C=N–C) groups is 1. The number of halogens is 1. The van der Waals surface area contributed by atoms with E-state index in [-0.39, 0.29) is 4.75 Å². The normalized spacial score (nSPS) is 25.6. The van der Waals surface area contributed by atoms with Gasteiger partial charge in [-0.25, -0.2) is 0 Å². The van der Waals surface area contributed by atoms with E-state index >= 15 is 0 Å². The van der Waals surface area contributed by atoms with Gasteiger partial charge in [-0.15, -0.1) is 0 Å². The molecule has 2 N–H and O–H groups in total. The molecule has 2 aliphatic heterocycles. The lowest BCUT2D eigenvalue weighted by atomic mass is 9.85. The monoisotopic (exact) mass is 438 g/mol. The summed E-state index contributed by atoms with van der Waals surface area (Å²) < 4.78 is 5.80. The molecule has 3 rings (SSSR count). The highest BCUT2D eigenvalue weighted by Gasteiger charge is 2.33. The maximum Gasteiger partial charge on any atom is 0.191 e. The van der Waals surface area contributed by atoms with Gasteiger partial charge in [-0.3, -0.25) is 9.89 Å². The molecule has 2 aliphatic rings. The Labute approximate surface area is 185 Å². The van der Waals surface area contributed by atoms with Crippen molar-refractivity contribution in [2.24, 2.45) is 10.9 Å². The molecule has 0 aliphatic carbocycles. The van der Waals surface area contributed by atoms with Crippen LogP contribution in [0.25, 0.3) is 0 Å². The van der Waals surface area contributed by atoms with Crippen molar-refractivity contribution in [3.63, 3.8) is 0 Å². The minimum atomic E-state index is 0.240. The number of nitrogens with one attached hydrogen (secondary N) is 2. The number of rotatable bonds is 6. The van der Waals surface area contributed by atoms with Gasteiger partial charge in [0, 0.05) is 49.2 Å². The summed E-state index contributed by atoms with van der Waals surface area (Å²) in [7, 11) is 4.07. The van der Waals surface area contributed by atoms with Crippen molar-refractivity contribution in [3.8, 4) is 0 Å². The van der Waals surface area contributed by atoms with Crippen LogP contribution in [0, 0.1) is 5.92 Å². The molecular formula is C22H35ClN4OS. The smallest absolute Gasteiger partial charge is 0.191 e. The first kappa shape index (κ1) is 22.7. The Morgan fingerprint density at radius 3 is 2.83 bits per heavy atom. The third-order valence-corrected chi connectivity index (χ3v) is 8.02. The molecule has 162 valence electrons. The van der Waals surface area contributed by atoms with Gasteiger partial charge in [-0.1, -0.05) is 23.7 Å². The second-order valence-corrected chi connectivity index (χ2v) is 9.90. The van der Waals surface area contributed by atoms with E-state index in [1.165, 1.54) is 18.4 Å². The molecule has 1 aromatic carbocycles. The lowest BCUT2D eigenvalue weighted by Crippen LogP contribution is -2.49. The SMILES string of the molecule is CN=C(NCC1CCCN(C)C1c1cccc(Cl)c1)NCC1(SC)CCOCC1. The highest BCUT2D eigenvalue weighted by molar-refractivity contribution is 8.00. The number of nitrogens with zero attached hydrogens (tertiary/aromatic N) is 2. The zero-order valence-electron chi connectivity index (χ0n) is 17.9. The van der Waals surface area contributed by atoms with Crippen molar-refractivity contribution in [2.75, 3.05) is 53.2 Å². The number of thioether (sulfide) groups is 1. The fraction of sp³-hybridized carbons (Fsp3) is 0.682. The maximum absolute atomic E-state index is 6.28. The van der Waals surface area contributed by atoms with Crippen molar-refractivity contribution in [3.05, 3.63) is 34.9 Å². The molecule has 0 saturated carbocycles. The number of hydrogen-bond donors (Lipinski definition) is 2. The fourth-order valence-electron chi connectivity index (χ4n) is 4.58. The molecule has 0 spiro atoms. The molecule has 2 heterocycles. The van der Waals surface area contributed by atoms with Crippen LogP contribution in [0.5, 0.6) is 0 Å². The van der Waals surface area contributed by atoms with E-state index in [0.717, 1.165) is 56.7 Å². The summed E-state index contributed by atoms with van der Waals surface area (Å²) in [5, 5.41) is 7.98. The van der Waals surface area contributed by atoms with Gasteiger partial charge >= 0.3 is 0 Å². The van der Waals surface area contributed by atoms with Crippen molar-refractivity contribution in [1.82, 2.24) is 15.5 Å². The number of benzene rings is 1. The van der Waals surface area contributed by atoms with Crippen LogP contribution in [-0.2, 0) is 4.74 Å². The lowest BCUT2D eigenvalue weighted by Gasteiger charge is -2.40. The zero-order valence-corrected chi connectivity index (χ0v) is 19.5. The zero-order chi connectivity index (χ0) is 20.7. The molecule has 0 aromatic heterocycles. The largest absolute Gasteiger partial charge is 0.381 e. The summed E-state index contributed by atoms with van der Waals surface area (Å²) in [6.45, 7) is 4.64. The van der Waals surface area contributed by atoms with Gasteiger partial charge in [0.25, 0.3) is 0 Å². The molecule has 0 bridgehead atoms. The van der Waals surface area contributed by atoms with Gasteiger partial charge in [0.1, 0.15) is 0 Å². The summed E-state index contributed by atoms with van der Waals surface area (Å²) in [6.07, 6.45) is 6.81. The standard InChI is InChI=1S/C22H35ClN4OS/c1-24-21(26-16-22(29-3)9-12-28-13-10-22)25-15-18-7-5-11-27(2)20(18)17-6-4-8-19(23)14-17/h4,6,8,14,18,20H,5,7,9-13,15-16H2,1-3H3,(H2,24,25,26). The van der Waals surface area contributed by atoms with Crippen LogP contribution in [-0.4, -0.2) is 68.8 Å². The first-order valence-electron chi connectivity index (χ1n) is 10.6. The van der Waals surface area contributed by atoms with Crippen LogP contribution in [0.1, 0.15) is 37.3 Å². The molecular weight excluding hydrogens is 404 g/mol. The first-order valence-corrected chi connectivity index (χ1v) is 12.2. The number of piperidine rings is 1. The summed E-state index contributed by atoms with van der Waals surface area (Å²) in [6, 6.07) is 8.69. The summed E-state index contributed by atoms with van der Waals surface area (Å²) in [5.41, 5.74) is 1.30. The molecule has 5 nitrogen and oxygen atoms in total. The van der Waals surface area contributed by atoms with Crippen molar-refractivity contribution < 1.29 is 4.74 Å². The van der Waals surface area contributed by atoms with Crippen molar-refractivity contribution >= 4 is 29.3 Å². The predicted octanol–water partition coefficient (Wildman–Crippen LogP) is 3.80. The third kappa shape index (κ3) is 6.03. The van der Waals surface area contributed by atoms with Gasteiger partial charge in [0.2, 0.25) is 0 Å². The molecule has 0 amide bonds. The van der Waals surface area contributed by atoms with Crippen LogP contribution in [0.15, 0.2) is 29.3 Å². The first-order chi connectivity index (χ1) is 14.1. The van der Waals surface area contributed by atoms with Crippen LogP contribution < -0.4 is 10.6 Å². The van der Waals surface area contributed by atoms with Gasteiger partial charge in [0.15, 0.2) is 5.96 Å². The Morgan fingerprint density at radius 1 is 1.34 bits per heavy atom. The second kappa shape index (κ2) is 10.9. The quantitative estimate of drug-likeness (QED) is 0.522. The molecule has 0 radical (unpaired) electrons. The van der Waals surface area contributed by atoms with E-state index in [1.807, 2.05) is 24.9 Å². The van der Waals surface area contributed by atoms with Crippen LogP contribution in [0.4, 0.5) is 0 Å². The van der Waals surface area contributed by atoms with Gasteiger partial charge < -0.3 is 15.4 Å². The van der Waals surface area contributed by atoms with E-state index in [4.69, 9.17) is 16.3 Å². The molecule has 2 fully saturated rings. The molecule has 1 aromatic rings. The van der Waals surface area contributed by atoms with Crippen LogP contribution in [0.3, 0.4) is 0 Å². The number of guanidine groups is 1. The van der Waals surface area contributed by atoms with Gasteiger partial charge in [-0.2, -0.15) is 11.8 Å². The average Bonchev–Trinajstić information content (AvgIpc) is 2.74. The van der Waals surface area contributed by atoms with Crippen LogP contribution in [0.2, 0.25) is 5.02 Å². The topological polar surface area (TPSA) is 48.9 Å². The lowest BCUT2D eigenvalue weighted by molar-refractivity contribution is 0.0782. The minimum Gasteiger partial charge on any atom is -0.381 e. The average molecular weight is 439 g/mol. The Bertz CT molecular complexity index is 681. The van der Waals surface area contributed by atoms with E-state index < -0.39 is 0 Å². The number of ether oxygens (including phenoxy) is 1. The predicted molar refractivity (Wildman–Crippen MR) is 125 cm³/mol. The Hall–Kier alpha value is -0.950. The molecule has 29 heavy (non-hydrogen) atoms. The summed E-state index contributed by atoms with van der Waals surface area (Å²) in [5.74, 6) is 1.41. The Morgan fingerprint density at radius 2 is 2.14 bits per heavy atom. The van der Waals surface area contributed by atoms with Gasteiger partial charge in [-0.05, 0) is 69.1 Å². The molecule has 2 unspecified atom stereocenters. The summed E-state index contributed by atoms with van der Waals surface area (Å²) >= 11 is 8.22. The highest BCUT2D eigenvalue weighted by atomic mass is 35.5. The van der Waals surface area contributed by atoms with Crippen LogP contribution >= 0.6 is 23.4 Å². The molecule has 7 heteroatoms. The Balaban J connectivity index is 1.59. The van der Waals surface area contributed by atoms with E-state index in [9.17, 15) is 0 Å². The second-order valence-electron chi connectivity index (χ2n) is 8.19. The molecule has 2 atom stereocenters. The number of hydrogen-bond acceptors (Lipinski definition) is 4. The Kier molecular flexibility index (Phi) is 8.54. The minimum absolute atomic E-state index is 0.240. The van der Waals surface area contributed by atoms with Gasteiger partial charge in [0.05, 0.1) is 0 Å². The highest BCUT2D eigenvalue weighted by Crippen LogP contribution is 2.36. The van der Waals surface area contributed by atoms with E-state index in [2.05, 4.69) is 52.0 Å². The third-order valence-electron chi connectivity index (χ3n) is 6.37. The maximum atomic E-state index is 6.28. The number of likely N-dealkylation sites (tertiary alicyclic amines) is 1. The van der Waals surface area contributed by atoms with E-state index in [0.29, 0.717) is 12.0 Å². The van der Waals surface area contributed by atoms with Crippen molar-refractivity contribution in [1.29, 1.82) is 0 Å². The fourth-order valence-corrected chi connectivity index (χ4v) is 5.57. The van der Waals surface area contributed by atoms with Crippen molar-refractivity contribution in [2.45, 2.75) is 36.5 Å².